The van der Waals surface area contributed by atoms with Crippen molar-refractivity contribution in [2.75, 3.05) is 44.1 Å². The Balaban J connectivity index is 2.79. The number of halogens is 1. The maximum atomic E-state index is 5.04. The van der Waals surface area contributed by atoms with Gasteiger partial charge in [0.25, 0.3) is 0 Å². The monoisotopic (exact) mass is 288 g/mol. The van der Waals surface area contributed by atoms with Crippen molar-refractivity contribution in [3.8, 4) is 0 Å². The first-order valence-electron chi connectivity index (χ1n) is 5.15. The number of nitrogens with one attached hydrogen (secondary N) is 1. The molecule has 0 aliphatic heterocycles. The maximum Gasteiger partial charge on any atom is 0.224 e. The molecule has 0 amide bonds. The van der Waals surface area contributed by atoms with E-state index >= 15 is 0 Å². The van der Waals surface area contributed by atoms with Crippen LogP contribution in [-0.4, -0.2) is 43.8 Å². The molecule has 1 aromatic heterocycles. The molecule has 0 fully saturated rings. The summed E-state index contributed by atoms with van der Waals surface area (Å²) in [5.74, 6) is 1.51. The van der Waals surface area contributed by atoms with Crippen molar-refractivity contribution in [1.82, 2.24) is 9.97 Å². The molecule has 0 aromatic carbocycles. The Morgan fingerprint density at radius 1 is 1.56 bits per heavy atom. The van der Waals surface area contributed by atoms with Gasteiger partial charge in [-0.25, -0.2) is 4.98 Å². The Bertz CT molecular complexity index is 335. The zero-order chi connectivity index (χ0) is 12.0. The summed E-state index contributed by atoms with van der Waals surface area (Å²) in [6.45, 7) is 4.28. The molecule has 6 heteroatoms. The van der Waals surface area contributed by atoms with Crippen LogP contribution in [0, 0.1) is 0 Å². The van der Waals surface area contributed by atoms with Gasteiger partial charge in [-0.1, -0.05) is 0 Å². The second-order valence-electron chi connectivity index (χ2n) is 3.31. The predicted molar refractivity (Wildman–Crippen MR) is 69.0 cm³/mol. The Morgan fingerprint density at radius 3 is 2.94 bits per heavy atom. The number of anilines is 2. The van der Waals surface area contributed by atoms with E-state index in [0.717, 1.165) is 23.4 Å². The molecule has 0 saturated heterocycles. The van der Waals surface area contributed by atoms with Crippen molar-refractivity contribution in [1.29, 1.82) is 0 Å². The highest BCUT2D eigenvalue weighted by Crippen LogP contribution is 2.22. The number of hydrogen-bond donors (Lipinski definition) is 1. The molecule has 90 valence electrons. The van der Waals surface area contributed by atoms with Crippen LogP contribution in [0.5, 0.6) is 0 Å². The molecule has 0 aliphatic carbocycles. The largest absolute Gasteiger partial charge is 0.383 e. The van der Waals surface area contributed by atoms with Gasteiger partial charge in [0.1, 0.15) is 5.82 Å². The lowest BCUT2D eigenvalue weighted by Crippen LogP contribution is -2.24. The van der Waals surface area contributed by atoms with Gasteiger partial charge in [0.15, 0.2) is 0 Å². The van der Waals surface area contributed by atoms with E-state index in [4.69, 9.17) is 4.74 Å². The van der Waals surface area contributed by atoms with Gasteiger partial charge >= 0.3 is 0 Å². The molecule has 0 bridgehead atoms. The summed E-state index contributed by atoms with van der Waals surface area (Å²) in [6, 6.07) is 0. The third-order valence-electron chi connectivity index (χ3n) is 2.05. The summed E-state index contributed by atoms with van der Waals surface area (Å²) in [7, 11) is 3.66. The average Bonchev–Trinajstić information content (AvgIpc) is 2.29. The van der Waals surface area contributed by atoms with Crippen LogP contribution in [0.1, 0.15) is 6.92 Å². The molecular weight excluding hydrogens is 272 g/mol. The number of nitrogens with zero attached hydrogens (tertiary/aromatic N) is 3. The minimum Gasteiger partial charge on any atom is -0.383 e. The highest BCUT2D eigenvalue weighted by Gasteiger charge is 2.09. The zero-order valence-corrected chi connectivity index (χ0v) is 11.4. The number of methoxy groups -OCH3 is 1. The van der Waals surface area contributed by atoms with Crippen LogP contribution in [0.3, 0.4) is 0 Å². The van der Waals surface area contributed by atoms with Gasteiger partial charge in [-0.3, -0.25) is 0 Å². The van der Waals surface area contributed by atoms with Crippen molar-refractivity contribution in [3.05, 3.63) is 10.7 Å². The lowest BCUT2D eigenvalue weighted by Gasteiger charge is -2.19. The van der Waals surface area contributed by atoms with E-state index in [-0.39, 0.29) is 0 Å². The van der Waals surface area contributed by atoms with Crippen LogP contribution in [0.25, 0.3) is 0 Å². The molecule has 0 saturated carbocycles. The predicted octanol–water partition coefficient (Wildman–Crippen LogP) is 1.75. The first-order valence-corrected chi connectivity index (χ1v) is 5.94. The summed E-state index contributed by atoms with van der Waals surface area (Å²) in [5.41, 5.74) is 0. The second kappa shape index (κ2) is 6.65. The van der Waals surface area contributed by atoms with Crippen LogP contribution >= 0.6 is 15.9 Å². The lowest BCUT2D eigenvalue weighted by atomic mass is 10.5. The van der Waals surface area contributed by atoms with Gasteiger partial charge in [-0.15, -0.1) is 0 Å². The van der Waals surface area contributed by atoms with Crippen LogP contribution in [-0.2, 0) is 4.74 Å². The molecule has 1 heterocycles. The fraction of sp³-hybridized carbons (Fsp3) is 0.600. The molecular formula is C10H17BrN4O. The van der Waals surface area contributed by atoms with Crippen molar-refractivity contribution < 1.29 is 4.74 Å². The Morgan fingerprint density at radius 2 is 2.31 bits per heavy atom. The molecule has 16 heavy (non-hydrogen) atoms. The molecule has 1 rings (SSSR count). The zero-order valence-electron chi connectivity index (χ0n) is 9.83. The van der Waals surface area contributed by atoms with Crippen LogP contribution < -0.4 is 10.2 Å². The van der Waals surface area contributed by atoms with Crippen LogP contribution in [0.15, 0.2) is 10.7 Å². The van der Waals surface area contributed by atoms with E-state index in [2.05, 4.69) is 31.2 Å². The minimum atomic E-state index is 0.643. The molecule has 1 N–H and O–H groups in total. The van der Waals surface area contributed by atoms with Gasteiger partial charge in [-0.2, -0.15) is 4.98 Å². The molecule has 1 aromatic rings. The first kappa shape index (κ1) is 13.2. The van der Waals surface area contributed by atoms with E-state index in [0.29, 0.717) is 12.6 Å². The topological polar surface area (TPSA) is 50.3 Å². The fourth-order valence-corrected chi connectivity index (χ4v) is 1.70. The molecule has 0 atom stereocenters. The van der Waals surface area contributed by atoms with Crippen LogP contribution in [0.2, 0.25) is 0 Å². The highest BCUT2D eigenvalue weighted by molar-refractivity contribution is 9.10. The molecule has 0 spiro atoms. The fourth-order valence-electron chi connectivity index (χ4n) is 1.20. The van der Waals surface area contributed by atoms with E-state index in [1.807, 2.05) is 18.9 Å². The number of hydrogen-bond acceptors (Lipinski definition) is 5. The Labute approximate surface area is 104 Å². The Kier molecular flexibility index (Phi) is 5.48. The number of aromatic nitrogens is 2. The van der Waals surface area contributed by atoms with Gasteiger partial charge < -0.3 is 15.0 Å². The number of likely N-dealkylation sites (N-methyl/N-ethyl adjacent to an activating group) is 1. The van der Waals surface area contributed by atoms with Gasteiger partial charge in [0.2, 0.25) is 5.95 Å². The molecule has 5 nitrogen and oxygen atoms in total. The van der Waals surface area contributed by atoms with Gasteiger partial charge in [0.05, 0.1) is 11.1 Å². The summed E-state index contributed by atoms with van der Waals surface area (Å²) in [5, 5.41) is 3.09. The SMILES string of the molecule is CCNc1ncc(Br)c(N(C)CCOC)n1. The highest BCUT2D eigenvalue weighted by atomic mass is 79.9. The van der Waals surface area contributed by atoms with E-state index in [9.17, 15) is 0 Å². The number of ether oxygens (including phenoxy) is 1. The second-order valence-corrected chi connectivity index (χ2v) is 4.16. The van der Waals surface area contributed by atoms with E-state index in [1.165, 1.54) is 0 Å². The average molecular weight is 289 g/mol. The maximum absolute atomic E-state index is 5.04. The summed E-state index contributed by atoms with van der Waals surface area (Å²) < 4.78 is 5.92. The molecule has 0 radical (unpaired) electrons. The van der Waals surface area contributed by atoms with Crippen molar-refractivity contribution in [3.63, 3.8) is 0 Å². The quantitative estimate of drug-likeness (QED) is 0.864. The van der Waals surface area contributed by atoms with Crippen molar-refractivity contribution >= 4 is 27.7 Å². The number of rotatable bonds is 6. The van der Waals surface area contributed by atoms with Crippen molar-refractivity contribution in [2.45, 2.75) is 6.92 Å². The normalized spacial score (nSPS) is 10.2. The summed E-state index contributed by atoms with van der Waals surface area (Å²) in [4.78, 5) is 10.6. The van der Waals surface area contributed by atoms with Crippen LogP contribution in [0.4, 0.5) is 11.8 Å². The molecule has 0 aliphatic rings. The third-order valence-corrected chi connectivity index (χ3v) is 2.61. The van der Waals surface area contributed by atoms with E-state index in [1.54, 1.807) is 13.3 Å². The summed E-state index contributed by atoms with van der Waals surface area (Å²) >= 11 is 3.44. The minimum absolute atomic E-state index is 0.643. The summed E-state index contributed by atoms with van der Waals surface area (Å²) in [6.07, 6.45) is 1.75. The van der Waals surface area contributed by atoms with E-state index < -0.39 is 0 Å². The van der Waals surface area contributed by atoms with Crippen molar-refractivity contribution in [2.24, 2.45) is 0 Å². The molecule has 0 unspecified atom stereocenters. The lowest BCUT2D eigenvalue weighted by molar-refractivity contribution is 0.206. The van der Waals surface area contributed by atoms with Gasteiger partial charge in [-0.05, 0) is 22.9 Å². The smallest absolute Gasteiger partial charge is 0.224 e. The van der Waals surface area contributed by atoms with Gasteiger partial charge in [0, 0.05) is 33.4 Å². The first-order chi connectivity index (χ1) is 7.69. The third kappa shape index (κ3) is 3.61. The Hall–Kier alpha value is -0.880. The standard InChI is InChI=1S/C10H17BrN4O/c1-4-12-10-13-7-8(11)9(14-10)15(2)5-6-16-3/h7H,4-6H2,1-3H3,(H,12,13,14).